The van der Waals surface area contributed by atoms with Crippen LogP contribution in [0.4, 0.5) is 17.1 Å². The average Bonchev–Trinajstić information content (AvgIpc) is 4.05. The van der Waals surface area contributed by atoms with E-state index in [9.17, 15) is 0 Å². The van der Waals surface area contributed by atoms with Crippen LogP contribution in [0.25, 0.3) is 88.7 Å². The quantitative estimate of drug-likeness (QED) is 0.165. The van der Waals surface area contributed by atoms with E-state index < -0.39 is 0 Å². The molecule has 0 aliphatic heterocycles. The Morgan fingerprint density at radius 1 is 0.415 bits per heavy atom. The minimum atomic E-state index is 0.587. The van der Waals surface area contributed by atoms with Crippen LogP contribution >= 0.6 is 35.2 Å². The lowest BCUT2D eigenvalue weighted by atomic mass is 9.96. The van der Waals surface area contributed by atoms with Crippen LogP contribution < -0.4 is 4.90 Å². The van der Waals surface area contributed by atoms with Gasteiger partial charge in [-0.2, -0.15) is 26.2 Å². The summed E-state index contributed by atoms with van der Waals surface area (Å²) in [5.41, 5.74) is 14.0. The molecule has 0 radical (unpaired) electrons. The second-order valence-electron chi connectivity index (χ2n) is 12.5. The molecular weight excluding hydrogens is 717 g/mol. The molecular formula is C41H22N8OS3. The largest absolute Gasteiger partial charge is 0.436 e. The maximum atomic E-state index is 6.03. The molecule has 0 amide bonds. The van der Waals surface area contributed by atoms with Crippen LogP contribution in [-0.2, 0) is 0 Å². The van der Waals surface area contributed by atoms with Gasteiger partial charge in [-0.15, -0.1) is 0 Å². The van der Waals surface area contributed by atoms with E-state index in [2.05, 4.69) is 99.2 Å². The van der Waals surface area contributed by atoms with Crippen LogP contribution in [0, 0.1) is 0 Å². The van der Waals surface area contributed by atoms with Crippen molar-refractivity contribution in [2.24, 2.45) is 0 Å². The molecule has 0 aliphatic carbocycles. The normalized spacial score (nSPS) is 11.8. The number of fused-ring (bicyclic) bond motifs is 5. The predicted molar refractivity (Wildman–Crippen MR) is 215 cm³/mol. The third kappa shape index (κ3) is 4.84. The monoisotopic (exact) mass is 738 g/mol. The molecule has 0 spiro atoms. The zero-order chi connectivity index (χ0) is 34.9. The highest BCUT2D eigenvalue weighted by Crippen LogP contribution is 2.47. The molecule has 0 saturated heterocycles. The third-order valence-corrected chi connectivity index (χ3v) is 11.2. The Kier molecular flexibility index (Phi) is 6.87. The maximum absolute atomic E-state index is 6.03. The van der Waals surface area contributed by atoms with E-state index in [0.29, 0.717) is 5.89 Å². The van der Waals surface area contributed by atoms with Gasteiger partial charge in [-0.25, -0.2) is 4.98 Å². The van der Waals surface area contributed by atoms with Gasteiger partial charge in [-0.05, 0) is 82.6 Å². The van der Waals surface area contributed by atoms with Gasteiger partial charge in [0.05, 0.1) is 52.2 Å². The highest BCUT2D eigenvalue weighted by atomic mass is 32.1. The lowest BCUT2D eigenvalue weighted by Crippen LogP contribution is -2.12. The predicted octanol–water partition coefficient (Wildman–Crippen LogP) is 11.5. The summed E-state index contributed by atoms with van der Waals surface area (Å²) in [6.07, 6.45) is 0. The fourth-order valence-electron chi connectivity index (χ4n) is 7.13. The first-order chi connectivity index (χ1) is 26.3. The smallest absolute Gasteiger partial charge is 0.227 e. The molecule has 0 saturated carbocycles. The van der Waals surface area contributed by atoms with Crippen molar-refractivity contribution in [2.75, 3.05) is 4.90 Å². The van der Waals surface area contributed by atoms with Gasteiger partial charge in [0, 0.05) is 16.7 Å². The molecule has 0 aliphatic rings. The summed E-state index contributed by atoms with van der Waals surface area (Å²) >= 11 is 3.60. The number of anilines is 3. The van der Waals surface area contributed by atoms with Crippen LogP contribution in [0.15, 0.2) is 138 Å². The van der Waals surface area contributed by atoms with Gasteiger partial charge in [-0.3, -0.25) is 0 Å². The van der Waals surface area contributed by atoms with Gasteiger partial charge in [0.2, 0.25) is 5.89 Å². The summed E-state index contributed by atoms with van der Waals surface area (Å²) in [5.74, 6) is 0.587. The van der Waals surface area contributed by atoms with Gasteiger partial charge in [0.1, 0.15) is 38.6 Å². The molecule has 0 unspecified atom stereocenters. The second kappa shape index (κ2) is 12.1. The fourth-order valence-corrected chi connectivity index (χ4v) is 8.81. The van der Waals surface area contributed by atoms with E-state index >= 15 is 0 Å². The summed E-state index contributed by atoms with van der Waals surface area (Å²) in [5, 5.41) is 2.34. The number of rotatable bonds is 6. The first-order valence-electron chi connectivity index (χ1n) is 16.7. The van der Waals surface area contributed by atoms with Gasteiger partial charge in [0.15, 0.2) is 5.58 Å². The van der Waals surface area contributed by atoms with Crippen LogP contribution in [0.1, 0.15) is 0 Å². The number of nitrogens with zero attached hydrogens (tertiary/aromatic N) is 8. The Bertz CT molecular complexity index is 3130. The molecule has 4 aromatic heterocycles. The lowest BCUT2D eigenvalue weighted by molar-refractivity contribution is 0.620. The van der Waals surface area contributed by atoms with Crippen molar-refractivity contribution in [1.29, 1.82) is 0 Å². The van der Waals surface area contributed by atoms with E-state index in [1.807, 2.05) is 48.5 Å². The minimum Gasteiger partial charge on any atom is -0.436 e. The van der Waals surface area contributed by atoms with Crippen molar-refractivity contribution in [2.45, 2.75) is 0 Å². The first kappa shape index (κ1) is 30.2. The third-order valence-electron chi connectivity index (χ3n) is 9.59. The molecule has 12 heteroatoms. The molecule has 0 N–H and O–H groups in total. The summed E-state index contributed by atoms with van der Waals surface area (Å²) in [7, 11) is 0. The molecule has 53 heavy (non-hydrogen) atoms. The Balaban J connectivity index is 1.08. The second-order valence-corrected chi connectivity index (χ2v) is 14.1. The van der Waals surface area contributed by atoms with Crippen molar-refractivity contribution in [3.05, 3.63) is 133 Å². The molecule has 7 aromatic carbocycles. The van der Waals surface area contributed by atoms with Crippen molar-refractivity contribution >= 4 is 107 Å². The van der Waals surface area contributed by atoms with E-state index in [4.69, 9.17) is 26.3 Å². The van der Waals surface area contributed by atoms with Crippen LogP contribution in [0.5, 0.6) is 0 Å². The van der Waals surface area contributed by atoms with Gasteiger partial charge >= 0.3 is 0 Å². The van der Waals surface area contributed by atoms with Crippen molar-refractivity contribution in [3.63, 3.8) is 0 Å². The van der Waals surface area contributed by atoms with Crippen LogP contribution in [0.2, 0.25) is 0 Å². The average molecular weight is 739 g/mol. The number of aromatic nitrogens is 7. The maximum Gasteiger partial charge on any atom is 0.227 e. The lowest BCUT2D eigenvalue weighted by Gasteiger charge is -2.26. The zero-order valence-electron chi connectivity index (χ0n) is 27.4. The Hall–Kier alpha value is -6.47. The molecule has 0 fully saturated rings. The van der Waals surface area contributed by atoms with Gasteiger partial charge < -0.3 is 9.32 Å². The summed E-state index contributed by atoms with van der Waals surface area (Å²) < 4.78 is 34.9. The molecule has 11 aromatic rings. The highest BCUT2D eigenvalue weighted by molar-refractivity contribution is 7.00. The van der Waals surface area contributed by atoms with Crippen LogP contribution in [-0.4, -0.2) is 31.2 Å². The molecule has 4 heterocycles. The number of hydrogen-bond donors (Lipinski definition) is 0. The number of hydrogen-bond acceptors (Lipinski definition) is 12. The fraction of sp³-hybridized carbons (Fsp3) is 0. The van der Waals surface area contributed by atoms with E-state index in [-0.39, 0.29) is 0 Å². The Labute approximate surface area is 313 Å². The summed E-state index contributed by atoms with van der Waals surface area (Å²) in [6, 6.07) is 45.4. The number of benzene rings is 7. The highest BCUT2D eigenvalue weighted by Gasteiger charge is 2.26. The van der Waals surface area contributed by atoms with E-state index in [1.165, 1.54) is 46.0 Å². The zero-order valence-corrected chi connectivity index (χ0v) is 29.9. The SMILES string of the molecule is c1ccc2c(-c3ccc(N(c4cccc5nsnc45)c4ccc(-c5ccc(-c6nc7ccccc7o6)cc5)c5nsnc45)c4nsnc34)cccc2c1. The van der Waals surface area contributed by atoms with E-state index in [0.717, 1.165) is 89.1 Å². The Morgan fingerprint density at radius 2 is 1.02 bits per heavy atom. The standard InChI is InChI=1S/C41H22N8OS3/c1-2-9-26-23(7-1)8-5-10-28(26)29-20-22-34(40-37(29)45-53-48-40)49(32-13-6-12-31-38(32)46-51-43-31)33-21-19-27(36-39(33)47-52-44-36)24-15-17-25(18-16-24)41-42-30-11-3-4-14-35(30)50-41/h1-22H. The van der Waals surface area contributed by atoms with Crippen molar-refractivity contribution in [1.82, 2.24) is 31.2 Å². The number of oxazole rings is 1. The number of para-hydroxylation sites is 2. The molecule has 11 rings (SSSR count). The van der Waals surface area contributed by atoms with Crippen molar-refractivity contribution in [3.8, 4) is 33.7 Å². The molecule has 0 bridgehead atoms. The van der Waals surface area contributed by atoms with Crippen LogP contribution in [0.3, 0.4) is 0 Å². The van der Waals surface area contributed by atoms with Gasteiger partial charge in [-0.1, -0.05) is 72.8 Å². The summed E-state index contributed by atoms with van der Waals surface area (Å²) in [6.45, 7) is 0. The van der Waals surface area contributed by atoms with E-state index in [1.54, 1.807) is 0 Å². The molecule has 9 nitrogen and oxygen atoms in total. The van der Waals surface area contributed by atoms with Crippen molar-refractivity contribution < 1.29 is 4.42 Å². The first-order valence-corrected chi connectivity index (χ1v) is 18.9. The molecule has 250 valence electrons. The topological polar surface area (TPSA) is 107 Å². The minimum absolute atomic E-state index is 0.587. The summed E-state index contributed by atoms with van der Waals surface area (Å²) in [4.78, 5) is 6.86. The van der Waals surface area contributed by atoms with Gasteiger partial charge in [0.25, 0.3) is 0 Å². The Morgan fingerprint density at radius 3 is 1.85 bits per heavy atom. The molecule has 0 atom stereocenters.